The van der Waals surface area contributed by atoms with Crippen molar-refractivity contribution in [3.8, 4) is 5.75 Å². The molecule has 1 saturated heterocycles. The summed E-state index contributed by atoms with van der Waals surface area (Å²) in [6, 6.07) is 5.09. The number of Topliss-reactive ketones (excluding diaryl/α,β-unsaturated/α-hetero) is 1. The van der Waals surface area contributed by atoms with E-state index in [0.717, 1.165) is 48.1 Å². The van der Waals surface area contributed by atoms with E-state index in [1.807, 2.05) is 4.90 Å². The van der Waals surface area contributed by atoms with Crippen LogP contribution in [0.3, 0.4) is 0 Å². The number of fused-ring (bicyclic) bond motifs is 1. The monoisotopic (exact) mass is 419 g/mol. The van der Waals surface area contributed by atoms with Crippen molar-refractivity contribution in [1.82, 2.24) is 14.8 Å². The summed E-state index contributed by atoms with van der Waals surface area (Å²) in [5.41, 5.74) is 1.47. The molecule has 0 N–H and O–H groups in total. The van der Waals surface area contributed by atoms with Crippen molar-refractivity contribution >= 4 is 34.6 Å². The molecule has 0 radical (unpaired) electrons. The number of hydrogen-bond acceptors (Lipinski definition) is 6. The van der Waals surface area contributed by atoms with E-state index < -0.39 is 0 Å². The molecule has 0 atom stereocenters. The summed E-state index contributed by atoms with van der Waals surface area (Å²) in [6.45, 7) is 3.55. The fraction of sp³-hybridized carbons (Fsp3) is 0.450. The molecule has 0 spiro atoms. The molecule has 2 heterocycles. The van der Waals surface area contributed by atoms with Crippen LogP contribution in [0.5, 0.6) is 5.75 Å². The Morgan fingerprint density at radius 3 is 2.75 bits per heavy atom. The lowest BCUT2D eigenvalue weighted by molar-refractivity contribution is 0.0625. The number of ketones is 1. The Morgan fingerprint density at radius 1 is 1.25 bits per heavy atom. The molecule has 1 amide bonds. The molecule has 2 aliphatic rings. The maximum absolute atomic E-state index is 12.9. The Balaban J connectivity index is 1.38. The predicted octanol–water partition coefficient (Wildman–Crippen LogP) is 3.28. The van der Waals surface area contributed by atoms with Gasteiger partial charge in [-0.25, -0.2) is 4.98 Å². The first kappa shape index (κ1) is 19.4. The van der Waals surface area contributed by atoms with Crippen LogP contribution in [0.1, 0.15) is 43.6 Å². The number of benzene rings is 1. The third-order valence-electron chi connectivity index (χ3n) is 5.22. The molecule has 8 heteroatoms. The Labute approximate surface area is 173 Å². The number of piperazine rings is 1. The number of hydrogen-bond donors (Lipinski definition) is 0. The van der Waals surface area contributed by atoms with Crippen molar-refractivity contribution in [3.05, 3.63) is 44.4 Å². The fourth-order valence-electron chi connectivity index (χ4n) is 3.70. The lowest BCUT2D eigenvalue weighted by Crippen LogP contribution is -2.48. The molecular weight excluding hydrogens is 398 g/mol. The van der Waals surface area contributed by atoms with Crippen LogP contribution in [0, 0.1) is 0 Å². The summed E-state index contributed by atoms with van der Waals surface area (Å²) in [7, 11) is 1.55. The van der Waals surface area contributed by atoms with Crippen LogP contribution < -0.4 is 4.74 Å². The van der Waals surface area contributed by atoms with Crippen molar-refractivity contribution in [3.63, 3.8) is 0 Å². The quantitative estimate of drug-likeness (QED) is 0.761. The summed E-state index contributed by atoms with van der Waals surface area (Å²) in [5, 5.41) is 1.52. The molecule has 1 aliphatic carbocycles. The number of ether oxygens (including phenoxy) is 1. The van der Waals surface area contributed by atoms with Gasteiger partial charge in [0.2, 0.25) is 0 Å². The third-order valence-corrected chi connectivity index (χ3v) is 6.58. The van der Waals surface area contributed by atoms with Gasteiger partial charge in [-0.2, -0.15) is 0 Å². The molecule has 1 aromatic carbocycles. The maximum Gasteiger partial charge on any atom is 0.257 e. The van der Waals surface area contributed by atoms with E-state index in [0.29, 0.717) is 35.8 Å². The number of carbonyl (C=O) groups excluding carboxylic acids is 2. The zero-order valence-corrected chi connectivity index (χ0v) is 17.3. The Bertz CT molecular complexity index is 906. The summed E-state index contributed by atoms with van der Waals surface area (Å²) < 4.78 is 5.31. The second-order valence-corrected chi connectivity index (χ2v) is 8.59. The van der Waals surface area contributed by atoms with E-state index in [4.69, 9.17) is 16.3 Å². The first-order valence-corrected chi connectivity index (χ1v) is 10.6. The number of carbonyl (C=O) groups is 2. The van der Waals surface area contributed by atoms with Gasteiger partial charge < -0.3 is 9.64 Å². The summed E-state index contributed by atoms with van der Waals surface area (Å²) >= 11 is 7.59. The highest BCUT2D eigenvalue weighted by molar-refractivity contribution is 7.13. The highest BCUT2D eigenvalue weighted by Crippen LogP contribution is 2.28. The minimum absolute atomic E-state index is 0.0608. The number of amides is 1. The van der Waals surface area contributed by atoms with Crippen LogP contribution in [-0.4, -0.2) is 59.8 Å². The average Bonchev–Trinajstić information content (AvgIpc) is 3.12. The smallest absolute Gasteiger partial charge is 0.257 e. The number of aromatic nitrogens is 1. The van der Waals surface area contributed by atoms with E-state index in [1.54, 1.807) is 25.3 Å². The number of methoxy groups -OCH3 is 1. The van der Waals surface area contributed by atoms with Gasteiger partial charge in [0.05, 0.1) is 29.8 Å². The first-order chi connectivity index (χ1) is 13.5. The maximum atomic E-state index is 12.9. The van der Waals surface area contributed by atoms with Gasteiger partial charge in [0, 0.05) is 37.6 Å². The second-order valence-electron chi connectivity index (χ2n) is 7.07. The van der Waals surface area contributed by atoms with Crippen LogP contribution in [0.15, 0.2) is 18.2 Å². The van der Waals surface area contributed by atoms with Gasteiger partial charge in [0.15, 0.2) is 5.78 Å². The second kappa shape index (κ2) is 8.19. The molecule has 0 unspecified atom stereocenters. The summed E-state index contributed by atoms with van der Waals surface area (Å²) in [4.78, 5) is 34.5. The lowest BCUT2D eigenvalue weighted by atomic mass is 10.0. The molecule has 0 bridgehead atoms. The van der Waals surface area contributed by atoms with Crippen LogP contribution >= 0.6 is 22.9 Å². The number of halogens is 1. The standard InChI is InChI=1S/C20H22ClN3O3S/c1-27-17-6-5-13(21)11-14(17)20(26)24-9-7-23(8-10-24)12-18-22-15-3-2-4-16(25)19(15)28-18/h5-6,11H,2-4,7-10,12H2,1H3. The van der Waals surface area contributed by atoms with E-state index >= 15 is 0 Å². The molecule has 1 aromatic heterocycles. The molecular formula is C20H22ClN3O3S. The highest BCUT2D eigenvalue weighted by Gasteiger charge is 2.26. The number of thiazole rings is 1. The lowest BCUT2D eigenvalue weighted by Gasteiger charge is -2.34. The van der Waals surface area contributed by atoms with Crippen molar-refractivity contribution in [2.75, 3.05) is 33.3 Å². The zero-order chi connectivity index (χ0) is 19.7. The van der Waals surface area contributed by atoms with Crippen LogP contribution in [-0.2, 0) is 13.0 Å². The summed E-state index contributed by atoms with van der Waals surface area (Å²) in [6.07, 6.45) is 2.45. The van der Waals surface area contributed by atoms with E-state index in [-0.39, 0.29) is 11.7 Å². The Kier molecular flexibility index (Phi) is 5.66. The predicted molar refractivity (Wildman–Crippen MR) is 109 cm³/mol. The van der Waals surface area contributed by atoms with Crippen LogP contribution in [0.2, 0.25) is 5.02 Å². The number of aryl methyl sites for hydroxylation is 1. The molecule has 6 nitrogen and oxygen atoms in total. The van der Waals surface area contributed by atoms with Crippen molar-refractivity contribution in [2.24, 2.45) is 0 Å². The van der Waals surface area contributed by atoms with Crippen molar-refractivity contribution in [2.45, 2.75) is 25.8 Å². The Hall–Kier alpha value is -1.96. The van der Waals surface area contributed by atoms with Gasteiger partial charge in [-0.15, -0.1) is 11.3 Å². The topological polar surface area (TPSA) is 62.7 Å². The minimum Gasteiger partial charge on any atom is -0.496 e. The van der Waals surface area contributed by atoms with Crippen molar-refractivity contribution in [1.29, 1.82) is 0 Å². The normalized spacial score (nSPS) is 17.5. The summed E-state index contributed by atoms with van der Waals surface area (Å²) in [5.74, 6) is 0.708. The van der Waals surface area contributed by atoms with Crippen LogP contribution in [0.4, 0.5) is 0 Å². The van der Waals surface area contributed by atoms with Gasteiger partial charge in [0.1, 0.15) is 10.8 Å². The van der Waals surface area contributed by atoms with Crippen LogP contribution in [0.25, 0.3) is 0 Å². The van der Waals surface area contributed by atoms with Gasteiger partial charge in [0.25, 0.3) is 5.91 Å². The van der Waals surface area contributed by atoms with Gasteiger partial charge in [-0.1, -0.05) is 11.6 Å². The fourth-order valence-corrected chi connectivity index (χ4v) is 5.00. The number of nitrogens with zero attached hydrogens (tertiary/aromatic N) is 3. The Morgan fingerprint density at radius 2 is 2.04 bits per heavy atom. The zero-order valence-electron chi connectivity index (χ0n) is 15.7. The molecule has 0 saturated carbocycles. The molecule has 2 aromatic rings. The molecule has 28 heavy (non-hydrogen) atoms. The van der Waals surface area contributed by atoms with E-state index in [9.17, 15) is 9.59 Å². The van der Waals surface area contributed by atoms with Gasteiger partial charge in [-0.3, -0.25) is 14.5 Å². The largest absolute Gasteiger partial charge is 0.496 e. The van der Waals surface area contributed by atoms with Crippen molar-refractivity contribution < 1.29 is 14.3 Å². The molecule has 1 aliphatic heterocycles. The number of rotatable bonds is 4. The molecule has 4 rings (SSSR count). The molecule has 1 fully saturated rings. The third kappa shape index (κ3) is 3.92. The van der Waals surface area contributed by atoms with E-state index in [1.165, 1.54) is 11.3 Å². The first-order valence-electron chi connectivity index (χ1n) is 9.42. The van der Waals surface area contributed by atoms with E-state index in [2.05, 4.69) is 9.88 Å². The van der Waals surface area contributed by atoms with Gasteiger partial charge in [-0.05, 0) is 31.0 Å². The average molecular weight is 420 g/mol. The SMILES string of the molecule is COc1ccc(Cl)cc1C(=O)N1CCN(Cc2nc3c(s2)C(=O)CCC3)CC1. The minimum atomic E-state index is -0.0608. The highest BCUT2D eigenvalue weighted by atomic mass is 35.5. The molecule has 148 valence electrons. The van der Waals surface area contributed by atoms with Gasteiger partial charge >= 0.3 is 0 Å².